The molecular formula is C20H18ClF3N2O2. The Bertz CT molecular complexity index is 897. The van der Waals surface area contributed by atoms with Gasteiger partial charge in [-0.25, -0.2) is 0 Å². The number of nitrogens with one attached hydrogen (secondary N) is 1. The molecular weight excluding hydrogens is 393 g/mol. The van der Waals surface area contributed by atoms with E-state index < -0.39 is 23.6 Å². The van der Waals surface area contributed by atoms with Crippen LogP contribution in [0.3, 0.4) is 0 Å². The van der Waals surface area contributed by atoms with Crippen LogP contribution >= 0.6 is 11.6 Å². The number of halogens is 4. The predicted octanol–water partition coefficient (Wildman–Crippen LogP) is 4.91. The van der Waals surface area contributed by atoms with Crippen molar-refractivity contribution in [2.75, 3.05) is 16.8 Å². The number of hydrogen-bond donors (Lipinski definition) is 1. The largest absolute Gasteiger partial charge is 0.416 e. The molecule has 1 heterocycles. The van der Waals surface area contributed by atoms with Crippen molar-refractivity contribution < 1.29 is 22.8 Å². The van der Waals surface area contributed by atoms with Crippen LogP contribution in [0.15, 0.2) is 42.5 Å². The number of amides is 2. The van der Waals surface area contributed by atoms with Gasteiger partial charge in [0.15, 0.2) is 0 Å². The highest BCUT2D eigenvalue weighted by Gasteiger charge is 2.36. The normalized spacial score (nSPS) is 17.1. The van der Waals surface area contributed by atoms with Crippen molar-refractivity contribution in [3.8, 4) is 0 Å². The second-order valence-corrected chi connectivity index (χ2v) is 7.01. The monoisotopic (exact) mass is 410 g/mol. The van der Waals surface area contributed by atoms with Crippen LogP contribution < -0.4 is 10.2 Å². The summed E-state index contributed by atoms with van der Waals surface area (Å²) >= 11 is 5.92. The third-order valence-electron chi connectivity index (χ3n) is 4.70. The quantitative estimate of drug-likeness (QED) is 0.778. The van der Waals surface area contributed by atoms with Crippen LogP contribution in [-0.4, -0.2) is 18.4 Å². The van der Waals surface area contributed by atoms with E-state index in [0.29, 0.717) is 5.69 Å². The van der Waals surface area contributed by atoms with E-state index in [9.17, 15) is 22.8 Å². The summed E-state index contributed by atoms with van der Waals surface area (Å²) in [6.45, 7) is 2.18. The van der Waals surface area contributed by atoms with Crippen molar-refractivity contribution >= 4 is 34.8 Å². The zero-order chi connectivity index (χ0) is 20.5. The van der Waals surface area contributed by atoms with Crippen LogP contribution in [0.1, 0.15) is 24.5 Å². The Balaban J connectivity index is 1.73. The lowest BCUT2D eigenvalue weighted by Gasteiger charge is -2.17. The smallest absolute Gasteiger partial charge is 0.324 e. The number of anilines is 2. The van der Waals surface area contributed by atoms with Crippen molar-refractivity contribution in [2.45, 2.75) is 25.9 Å². The molecule has 0 aromatic heterocycles. The zero-order valence-corrected chi connectivity index (χ0v) is 15.8. The van der Waals surface area contributed by atoms with Crippen molar-refractivity contribution in [1.82, 2.24) is 0 Å². The fourth-order valence-electron chi connectivity index (χ4n) is 3.08. The zero-order valence-electron chi connectivity index (χ0n) is 15.0. The van der Waals surface area contributed by atoms with E-state index in [2.05, 4.69) is 5.32 Å². The van der Waals surface area contributed by atoms with Gasteiger partial charge in [0.1, 0.15) is 0 Å². The third-order valence-corrected chi connectivity index (χ3v) is 5.03. The molecule has 1 atom stereocenters. The molecule has 2 aromatic rings. The Morgan fingerprint density at radius 2 is 1.89 bits per heavy atom. The molecule has 28 heavy (non-hydrogen) atoms. The topological polar surface area (TPSA) is 49.4 Å². The lowest BCUT2D eigenvalue weighted by Crippen LogP contribution is -2.28. The van der Waals surface area contributed by atoms with Gasteiger partial charge >= 0.3 is 6.18 Å². The maximum absolute atomic E-state index is 12.9. The summed E-state index contributed by atoms with van der Waals surface area (Å²) in [5.74, 6) is -1.43. The molecule has 0 spiro atoms. The number of carbonyl (C=O) groups excluding carboxylic acids is 2. The molecule has 2 amide bonds. The molecule has 3 rings (SSSR count). The van der Waals surface area contributed by atoms with Crippen LogP contribution in [0.25, 0.3) is 0 Å². The van der Waals surface area contributed by atoms with Crippen molar-refractivity contribution in [1.29, 1.82) is 0 Å². The van der Waals surface area contributed by atoms with E-state index in [1.807, 2.05) is 31.2 Å². The van der Waals surface area contributed by atoms with Gasteiger partial charge in [-0.1, -0.05) is 30.7 Å². The van der Waals surface area contributed by atoms with Crippen molar-refractivity contribution in [3.63, 3.8) is 0 Å². The van der Waals surface area contributed by atoms with Crippen LogP contribution in [0, 0.1) is 5.92 Å². The van der Waals surface area contributed by atoms with E-state index >= 15 is 0 Å². The lowest BCUT2D eigenvalue weighted by atomic mass is 10.1. The van der Waals surface area contributed by atoms with Crippen LogP contribution in [0.2, 0.25) is 5.02 Å². The first-order valence-corrected chi connectivity index (χ1v) is 9.13. The summed E-state index contributed by atoms with van der Waals surface area (Å²) in [6.07, 6.45) is -3.69. The first kappa shape index (κ1) is 20.2. The average Bonchev–Trinajstić information content (AvgIpc) is 3.04. The summed E-state index contributed by atoms with van der Waals surface area (Å²) < 4.78 is 38.6. The fraction of sp³-hybridized carbons (Fsp3) is 0.300. The number of carbonyl (C=O) groups is 2. The van der Waals surface area contributed by atoms with E-state index in [4.69, 9.17) is 11.6 Å². The summed E-state index contributed by atoms with van der Waals surface area (Å²) in [7, 11) is 0. The molecule has 148 valence electrons. The molecule has 1 N–H and O–H groups in total. The Morgan fingerprint density at radius 3 is 2.50 bits per heavy atom. The number of rotatable bonds is 4. The van der Waals surface area contributed by atoms with Crippen molar-refractivity contribution in [2.24, 2.45) is 5.92 Å². The molecule has 1 saturated heterocycles. The van der Waals surface area contributed by atoms with E-state index in [0.717, 1.165) is 30.2 Å². The van der Waals surface area contributed by atoms with Gasteiger partial charge in [0.05, 0.1) is 22.2 Å². The standard InChI is InChI=1S/C20H18ClF3N2O2/c1-2-12-3-6-15(7-4-12)26-11-13(9-18(26)27)19(28)25-17-10-14(20(22,23)24)5-8-16(17)21/h3-8,10,13H,2,9,11H2,1H3,(H,25,28)/t13-/m1/s1. The molecule has 2 aromatic carbocycles. The summed E-state index contributed by atoms with van der Waals surface area (Å²) in [6, 6.07) is 10.2. The number of hydrogen-bond acceptors (Lipinski definition) is 2. The lowest BCUT2D eigenvalue weighted by molar-refractivity contribution is -0.137. The summed E-state index contributed by atoms with van der Waals surface area (Å²) in [5, 5.41) is 2.42. The van der Waals surface area contributed by atoms with E-state index in [1.54, 1.807) is 0 Å². The van der Waals surface area contributed by atoms with Crippen LogP contribution in [-0.2, 0) is 22.2 Å². The maximum atomic E-state index is 12.9. The van der Waals surface area contributed by atoms with Gasteiger partial charge in [0, 0.05) is 18.7 Å². The molecule has 1 fully saturated rings. The van der Waals surface area contributed by atoms with Crippen LogP contribution in [0.5, 0.6) is 0 Å². The minimum absolute atomic E-state index is 0.00214. The highest BCUT2D eigenvalue weighted by Crippen LogP contribution is 2.34. The summed E-state index contributed by atoms with van der Waals surface area (Å²) in [5.41, 5.74) is 0.783. The van der Waals surface area contributed by atoms with Gasteiger partial charge in [0.25, 0.3) is 0 Å². The Morgan fingerprint density at radius 1 is 1.21 bits per heavy atom. The molecule has 0 aliphatic carbocycles. The molecule has 0 bridgehead atoms. The van der Waals surface area contributed by atoms with Gasteiger partial charge in [-0.3, -0.25) is 9.59 Å². The van der Waals surface area contributed by atoms with E-state index in [-0.39, 0.29) is 29.6 Å². The van der Waals surface area contributed by atoms with Gasteiger partial charge < -0.3 is 10.2 Å². The van der Waals surface area contributed by atoms with Crippen molar-refractivity contribution in [3.05, 3.63) is 58.6 Å². The first-order valence-electron chi connectivity index (χ1n) is 8.76. The first-order chi connectivity index (χ1) is 13.2. The predicted molar refractivity (Wildman–Crippen MR) is 101 cm³/mol. The molecule has 4 nitrogen and oxygen atoms in total. The average molecular weight is 411 g/mol. The van der Waals surface area contributed by atoms with E-state index in [1.165, 1.54) is 4.90 Å². The number of benzene rings is 2. The molecule has 0 unspecified atom stereocenters. The Labute approximate surface area is 165 Å². The number of alkyl halides is 3. The fourth-order valence-corrected chi connectivity index (χ4v) is 3.24. The van der Waals surface area contributed by atoms with Gasteiger partial charge in [0.2, 0.25) is 11.8 Å². The number of aryl methyl sites for hydroxylation is 1. The molecule has 0 saturated carbocycles. The highest BCUT2D eigenvalue weighted by molar-refractivity contribution is 6.33. The molecule has 8 heteroatoms. The Hall–Kier alpha value is -2.54. The molecule has 0 radical (unpaired) electrons. The van der Waals surface area contributed by atoms with Gasteiger partial charge in [-0.05, 0) is 42.3 Å². The van der Waals surface area contributed by atoms with Crippen LogP contribution in [0.4, 0.5) is 24.5 Å². The molecule has 1 aliphatic rings. The Kier molecular flexibility index (Phi) is 5.65. The second kappa shape index (κ2) is 7.83. The SMILES string of the molecule is CCc1ccc(N2C[C@H](C(=O)Nc3cc(C(F)(F)F)ccc3Cl)CC2=O)cc1. The van der Waals surface area contributed by atoms with Gasteiger partial charge in [-0.15, -0.1) is 0 Å². The third kappa shape index (κ3) is 4.30. The van der Waals surface area contributed by atoms with Gasteiger partial charge in [-0.2, -0.15) is 13.2 Å². The molecule has 1 aliphatic heterocycles. The maximum Gasteiger partial charge on any atom is 0.416 e. The minimum Gasteiger partial charge on any atom is -0.324 e. The summed E-state index contributed by atoms with van der Waals surface area (Å²) in [4.78, 5) is 26.4. The second-order valence-electron chi connectivity index (χ2n) is 6.61. The minimum atomic E-state index is -4.55. The number of nitrogens with zero attached hydrogens (tertiary/aromatic N) is 1. The highest BCUT2D eigenvalue weighted by atomic mass is 35.5.